The van der Waals surface area contributed by atoms with E-state index in [0.29, 0.717) is 5.82 Å². The van der Waals surface area contributed by atoms with Gasteiger partial charge in [-0.05, 0) is 202 Å². The van der Waals surface area contributed by atoms with Crippen LogP contribution >= 0.6 is 0 Å². The topological polar surface area (TPSA) is 80.0 Å². The lowest BCUT2D eigenvalue weighted by Crippen LogP contribution is -1.99. The second-order valence-corrected chi connectivity index (χ2v) is 28.0. The van der Waals surface area contributed by atoms with Gasteiger partial charge in [0.2, 0.25) is 0 Å². The lowest BCUT2D eigenvalue weighted by molar-refractivity contribution is 0.668. The fourth-order valence-corrected chi connectivity index (χ4v) is 17.0. The maximum absolute atomic E-state index is 6.26. The van der Waals surface area contributed by atoms with Crippen LogP contribution in [-0.4, -0.2) is 23.7 Å². The molecule has 492 valence electrons. The standard InChI is InChI=1S/C98H57N5O3/c1-7-25-85-71(19-1)77-51-60(63-37-46-94-80(54-63)74-22-4-10-28-91(74)104-94)34-43-88(77)101(85)68-40-31-58(32-41-68)59-33-42-84-83(57-59)97(66-15-13-17-69(49-66)102-86-26-8-2-20-72(86)78-52-61(35-44-89(78)102)64-38-47-95-81(55-64)75-23-5-11-29-92(75)105-95)100-98(99-84)67-16-14-18-70(50-67)103-87-27-9-3-21-73(87)79-53-62(36-45-90(79)103)65-39-48-96-82(56-65)76-24-6-12-30-93(76)106-96/h1-57H. The van der Waals surface area contributed by atoms with Crippen LogP contribution in [-0.2, 0) is 0 Å². The molecule has 7 aromatic heterocycles. The van der Waals surface area contributed by atoms with Crippen LogP contribution in [0.2, 0.25) is 0 Å². The minimum atomic E-state index is 0.633. The predicted octanol–water partition coefficient (Wildman–Crippen LogP) is 26.6. The first kappa shape index (κ1) is 58.3. The molecule has 0 saturated carbocycles. The summed E-state index contributed by atoms with van der Waals surface area (Å²) >= 11 is 0. The van der Waals surface area contributed by atoms with Gasteiger partial charge in [-0.25, -0.2) is 9.97 Å². The summed E-state index contributed by atoms with van der Waals surface area (Å²) < 4.78 is 25.9. The minimum absolute atomic E-state index is 0.633. The van der Waals surface area contributed by atoms with Gasteiger partial charge < -0.3 is 27.0 Å². The minimum Gasteiger partial charge on any atom is -0.456 e. The molecule has 0 radical (unpaired) electrons. The van der Waals surface area contributed by atoms with Gasteiger partial charge in [0, 0.05) is 98.2 Å². The van der Waals surface area contributed by atoms with Crippen molar-refractivity contribution in [2.24, 2.45) is 0 Å². The molecule has 0 N–H and O–H groups in total. The maximum atomic E-state index is 6.26. The summed E-state index contributed by atoms with van der Waals surface area (Å²) in [6.07, 6.45) is 0. The van der Waals surface area contributed by atoms with Crippen molar-refractivity contribution in [1.29, 1.82) is 0 Å². The molecule has 106 heavy (non-hydrogen) atoms. The number of rotatable bonds is 9. The van der Waals surface area contributed by atoms with Gasteiger partial charge in [-0.1, -0.05) is 188 Å². The Morgan fingerprint density at radius 2 is 0.500 bits per heavy atom. The number of fused-ring (bicyclic) bond motifs is 19. The Morgan fingerprint density at radius 1 is 0.179 bits per heavy atom. The molecule has 23 rings (SSSR count). The van der Waals surface area contributed by atoms with Crippen molar-refractivity contribution in [3.8, 4) is 84.2 Å². The van der Waals surface area contributed by atoms with Crippen LogP contribution in [0.3, 0.4) is 0 Å². The van der Waals surface area contributed by atoms with Gasteiger partial charge in [0.25, 0.3) is 0 Å². The van der Waals surface area contributed by atoms with E-state index in [4.69, 9.17) is 23.2 Å². The maximum Gasteiger partial charge on any atom is 0.160 e. The zero-order chi connectivity index (χ0) is 69.2. The van der Waals surface area contributed by atoms with Gasteiger partial charge in [0.05, 0.1) is 44.3 Å². The highest BCUT2D eigenvalue weighted by molar-refractivity contribution is 6.15. The molecule has 7 heterocycles. The lowest BCUT2D eigenvalue weighted by Gasteiger charge is -2.15. The summed E-state index contributed by atoms with van der Waals surface area (Å²) in [6.45, 7) is 0. The van der Waals surface area contributed by atoms with Crippen LogP contribution < -0.4 is 0 Å². The van der Waals surface area contributed by atoms with Gasteiger partial charge in [-0.3, -0.25) is 0 Å². The van der Waals surface area contributed by atoms with Crippen molar-refractivity contribution < 1.29 is 13.3 Å². The fraction of sp³-hybridized carbons (Fsp3) is 0. The Kier molecular flexibility index (Phi) is 12.4. The van der Waals surface area contributed by atoms with E-state index in [1.807, 2.05) is 36.4 Å². The number of hydrogen-bond donors (Lipinski definition) is 0. The third-order valence-electron chi connectivity index (χ3n) is 22.0. The van der Waals surface area contributed by atoms with Crippen LogP contribution in [0.5, 0.6) is 0 Å². The van der Waals surface area contributed by atoms with E-state index in [2.05, 4.69) is 323 Å². The summed E-state index contributed by atoms with van der Waals surface area (Å²) in [5.74, 6) is 0.633. The quantitative estimate of drug-likeness (QED) is 0.144. The Bertz CT molecular complexity index is 7660. The summed E-state index contributed by atoms with van der Waals surface area (Å²) in [5, 5.41) is 14.7. The second kappa shape index (κ2) is 22.6. The normalized spacial score (nSPS) is 12.2. The largest absolute Gasteiger partial charge is 0.456 e. The average molecular weight is 1350 g/mol. The van der Waals surface area contributed by atoms with Crippen molar-refractivity contribution in [2.75, 3.05) is 0 Å². The third-order valence-corrected chi connectivity index (χ3v) is 22.0. The van der Waals surface area contributed by atoms with Crippen molar-refractivity contribution in [2.45, 2.75) is 0 Å². The Labute approximate surface area is 605 Å². The van der Waals surface area contributed by atoms with Crippen LogP contribution in [0.1, 0.15) is 0 Å². The van der Waals surface area contributed by atoms with Gasteiger partial charge in [-0.2, -0.15) is 0 Å². The number of furan rings is 3. The van der Waals surface area contributed by atoms with E-state index < -0.39 is 0 Å². The number of hydrogen-bond acceptors (Lipinski definition) is 5. The predicted molar refractivity (Wildman–Crippen MR) is 437 cm³/mol. The zero-order valence-electron chi connectivity index (χ0n) is 56.9. The molecule has 0 aliphatic carbocycles. The number of benzene rings is 16. The smallest absolute Gasteiger partial charge is 0.160 e. The van der Waals surface area contributed by atoms with E-state index in [1.165, 1.54) is 32.3 Å². The SMILES string of the molecule is c1cc(-c2nc(-c3cccc(-n4c5ccccc5c5cc(-c6ccc7oc8ccccc8c7c6)ccc54)c3)c3cc(-c4ccc(-n5c6ccccc6c6cc(-c7ccc8oc9ccccc9c8c7)ccc65)cc4)ccc3n2)cc(-n2c3ccccc3c3cc(-c4ccc5oc6ccccc6c5c4)ccc32)c1. The first-order chi connectivity index (χ1) is 52.5. The van der Waals surface area contributed by atoms with Crippen molar-refractivity contribution in [3.63, 3.8) is 0 Å². The van der Waals surface area contributed by atoms with Crippen molar-refractivity contribution in [3.05, 3.63) is 346 Å². The summed E-state index contributed by atoms with van der Waals surface area (Å²) in [7, 11) is 0. The Hall–Kier alpha value is -14.3. The summed E-state index contributed by atoms with van der Waals surface area (Å²) in [4.78, 5) is 11.3. The number of nitrogens with zero attached hydrogens (tertiary/aromatic N) is 5. The molecule has 0 spiro atoms. The molecule has 0 fully saturated rings. The highest BCUT2D eigenvalue weighted by Gasteiger charge is 2.22. The average Bonchev–Trinajstić information content (AvgIpc) is 1.57. The summed E-state index contributed by atoms with van der Waals surface area (Å²) in [5.41, 5.74) is 27.8. The summed E-state index contributed by atoms with van der Waals surface area (Å²) in [6, 6.07) is 125. The van der Waals surface area contributed by atoms with Gasteiger partial charge in [0.1, 0.15) is 33.5 Å². The number of aromatic nitrogens is 5. The second-order valence-electron chi connectivity index (χ2n) is 28.0. The van der Waals surface area contributed by atoms with Crippen LogP contribution in [0, 0.1) is 0 Å². The van der Waals surface area contributed by atoms with E-state index in [9.17, 15) is 0 Å². The van der Waals surface area contributed by atoms with Crippen LogP contribution in [0.15, 0.2) is 359 Å². The highest BCUT2D eigenvalue weighted by Crippen LogP contribution is 2.44. The number of para-hydroxylation sites is 6. The molecule has 8 nitrogen and oxygen atoms in total. The van der Waals surface area contributed by atoms with Gasteiger partial charge in [0.15, 0.2) is 5.82 Å². The third kappa shape index (κ3) is 8.95. The van der Waals surface area contributed by atoms with Crippen LogP contribution in [0.25, 0.3) is 226 Å². The molecule has 0 unspecified atom stereocenters. The molecule has 16 aromatic carbocycles. The van der Waals surface area contributed by atoms with Gasteiger partial charge >= 0.3 is 0 Å². The molecule has 0 amide bonds. The highest BCUT2D eigenvalue weighted by atomic mass is 16.3. The molecular formula is C98H57N5O3. The molecule has 0 atom stereocenters. The van der Waals surface area contributed by atoms with Crippen molar-refractivity contribution >= 4 is 142 Å². The first-order valence-electron chi connectivity index (χ1n) is 36.0. The fourth-order valence-electron chi connectivity index (χ4n) is 17.0. The Morgan fingerprint density at radius 3 is 0.953 bits per heavy atom. The van der Waals surface area contributed by atoms with Crippen LogP contribution in [0.4, 0.5) is 0 Å². The first-order valence-corrected chi connectivity index (χ1v) is 36.0. The molecule has 0 saturated heterocycles. The van der Waals surface area contributed by atoms with E-state index in [0.717, 1.165) is 188 Å². The molecule has 8 heteroatoms. The van der Waals surface area contributed by atoms with E-state index in [1.54, 1.807) is 0 Å². The monoisotopic (exact) mass is 1350 g/mol. The molecule has 0 aliphatic heterocycles. The van der Waals surface area contributed by atoms with E-state index >= 15 is 0 Å². The lowest BCUT2D eigenvalue weighted by atomic mass is 9.99. The Balaban J connectivity index is 0.650. The molecule has 23 aromatic rings. The molecule has 0 aliphatic rings. The molecular weight excluding hydrogens is 1300 g/mol. The van der Waals surface area contributed by atoms with Crippen molar-refractivity contribution in [1.82, 2.24) is 23.7 Å². The van der Waals surface area contributed by atoms with Gasteiger partial charge in [-0.15, -0.1) is 0 Å². The molecule has 0 bridgehead atoms. The van der Waals surface area contributed by atoms with E-state index in [-0.39, 0.29) is 0 Å². The zero-order valence-corrected chi connectivity index (χ0v) is 56.9.